The Morgan fingerprint density at radius 1 is 1.05 bits per heavy atom. The van der Waals surface area contributed by atoms with Crippen LogP contribution in [0.1, 0.15) is 20.7 Å². The Labute approximate surface area is 119 Å². The van der Waals surface area contributed by atoms with E-state index in [4.69, 9.17) is 0 Å². The Balaban J connectivity index is 2.25. The van der Waals surface area contributed by atoms with Crippen LogP contribution in [0, 0.1) is 11.6 Å². The molecule has 0 aliphatic carbocycles. The summed E-state index contributed by atoms with van der Waals surface area (Å²) in [5, 5.41) is 2.32. The molecular weight excluding hydrogens is 280 g/mol. The number of carbonyl (C=O) groups excluding carboxylic acids is 2. The van der Waals surface area contributed by atoms with Crippen LogP contribution in [-0.2, 0) is 4.74 Å². The molecule has 4 nitrogen and oxygen atoms in total. The second-order valence-electron chi connectivity index (χ2n) is 4.12. The Morgan fingerprint density at radius 3 is 2.33 bits per heavy atom. The summed E-state index contributed by atoms with van der Waals surface area (Å²) in [4.78, 5) is 23.3. The summed E-state index contributed by atoms with van der Waals surface area (Å²) in [5.41, 5.74) is -0.277. The fraction of sp³-hybridized carbons (Fsp3) is 0.0667. The first-order valence-electron chi connectivity index (χ1n) is 5.96. The first-order chi connectivity index (χ1) is 10.0. The van der Waals surface area contributed by atoms with E-state index in [-0.39, 0.29) is 16.8 Å². The van der Waals surface area contributed by atoms with Gasteiger partial charge in [-0.15, -0.1) is 0 Å². The lowest BCUT2D eigenvalue weighted by molar-refractivity contribution is 0.0595. The Morgan fingerprint density at radius 2 is 1.71 bits per heavy atom. The molecule has 108 valence electrons. The molecule has 0 aromatic heterocycles. The van der Waals surface area contributed by atoms with Crippen LogP contribution in [0.3, 0.4) is 0 Å². The van der Waals surface area contributed by atoms with Crippen molar-refractivity contribution in [1.82, 2.24) is 0 Å². The monoisotopic (exact) mass is 291 g/mol. The second-order valence-corrected chi connectivity index (χ2v) is 4.12. The van der Waals surface area contributed by atoms with Crippen molar-refractivity contribution in [3.8, 4) is 0 Å². The number of hydrogen-bond donors (Lipinski definition) is 1. The van der Waals surface area contributed by atoms with Gasteiger partial charge in [0, 0.05) is 5.56 Å². The van der Waals surface area contributed by atoms with E-state index in [2.05, 4.69) is 10.1 Å². The Bertz CT molecular complexity index is 684. The van der Waals surface area contributed by atoms with E-state index in [1.54, 1.807) is 0 Å². The van der Waals surface area contributed by atoms with Crippen molar-refractivity contribution in [3.63, 3.8) is 0 Å². The predicted molar refractivity (Wildman–Crippen MR) is 72.1 cm³/mol. The molecular formula is C15H11F2NO3. The van der Waals surface area contributed by atoms with E-state index in [0.29, 0.717) is 0 Å². The first kappa shape index (κ1) is 14.6. The third-order valence-corrected chi connectivity index (χ3v) is 2.76. The molecule has 0 aliphatic rings. The van der Waals surface area contributed by atoms with Gasteiger partial charge in [-0.05, 0) is 36.4 Å². The number of carbonyl (C=O) groups is 2. The third kappa shape index (κ3) is 3.22. The molecule has 1 N–H and O–H groups in total. The van der Waals surface area contributed by atoms with Crippen LogP contribution in [0.4, 0.5) is 14.5 Å². The van der Waals surface area contributed by atoms with Crippen molar-refractivity contribution in [3.05, 3.63) is 65.2 Å². The van der Waals surface area contributed by atoms with E-state index < -0.39 is 23.5 Å². The number of hydrogen-bond acceptors (Lipinski definition) is 3. The molecule has 0 saturated heterocycles. The summed E-state index contributed by atoms with van der Waals surface area (Å²) in [7, 11) is 1.13. The topological polar surface area (TPSA) is 55.4 Å². The van der Waals surface area contributed by atoms with Crippen LogP contribution < -0.4 is 5.32 Å². The molecule has 0 heterocycles. The van der Waals surface area contributed by atoms with E-state index in [9.17, 15) is 18.4 Å². The third-order valence-electron chi connectivity index (χ3n) is 2.76. The highest BCUT2D eigenvalue weighted by atomic mass is 19.1. The minimum atomic E-state index is -0.889. The minimum absolute atomic E-state index is 0.160. The maximum absolute atomic E-state index is 14.1. The lowest BCUT2D eigenvalue weighted by Crippen LogP contribution is -2.14. The lowest BCUT2D eigenvalue weighted by atomic mass is 10.1. The van der Waals surface area contributed by atoms with Crippen molar-refractivity contribution < 1.29 is 23.1 Å². The lowest BCUT2D eigenvalue weighted by Gasteiger charge is -2.09. The standard InChI is InChI=1S/C15H11F2NO3/c1-21-15(20)11-3-2-4-12(13(11)17)18-14(19)9-5-7-10(16)8-6-9/h2-8H,1H3,(H,18,19). The number of esters is 1. The number of benzene rings is 2. The number of ether oxygens (including phenoxy) is 1. The number of amides is 1. The van der Waals surface area contributed by atoms with Gasteiger partial charge in [-0.2, -0.15) is 0 Å². The summed E-state index contributed by atoms with van der Waals surface area (Å²) in [6, 6.07) is 8.75. The fourth-order valence-electron chi connectivity index (χ4n) is 1.69. The number of nitrogens with one attached hydrogen (secondary N) is 1. The van der Waals surface area contributed by atoms with E-state index in [0.717, 1.165) is 19.2 Å². The van der Waals surface area contributed by atoms with Gasteiger partial charge in [-0.3, -0.25) is 4.79 Å². The molecule has 0 fully saturated rings. The minimum Gasteiger partial charge on any atom is -0.465 e. The second kappa shape index (κ2) is 6.13. The molecule has 2 aromatic carbocycles. The Kier molecular flexibility index (Phi) is 4.27. The van der Waals surface area contributed by atoms with Crippen LogP contribution in [0.2, 0.25) is 0 Å². The molecule has 0 bridgehead atoms. The predicted octanol–water partition coefficient (Wildman–Crippen LogP) is 3.00. The number of anilines is 1. The zero-order chi connectivity index (χ0) is 15.4. The van der Waals surface area contributed by atoms with Gasteiger partial charge in [-0.1, -0.05) is 6.07 Å². The summed E-state index contributed by atoms with van der Waals surface area (Å²) in [6.45, 7) is 0. The largest absolute Gasteiger partial charge is 0.465 e. The Hall–Kier alpha value is -2.76. The molecule has 0 atom stereocenters. The molecule has 1 amide bonds. The SMILES string of the molecule is COC(=O)c1cccc(NC(=O)c2ccc(F)cc2)c1F. The van der Waals surface area contributed by atoms with Crippen LogP contribution in [0.5, 0.6) is 0 Å². The van der Waals surface area contributed by atoms with Crippen molar-refractivity contribution in [1.29, 1.82) is 0 Å². The quantitative estimate of drug-likeness (QED) is 0.884. The highest BCUT2D eigenvalue weighted by molar-refractivity contribution is 6.05. The van der Waals surface area contributed by atoms with Gasteiger partial charge >= 0.3 is 5.97 Å². The molecule has 0 radical (unpaired) electrons. The molecule has 0 unspecified atom stereocenters. The summed E-state index contributed by atoms with van der Waals surface area (Å²) >= 11 is 0. The average Bonchev–Trinajstić information content (AvgIpc) is 2.49. The molecule has 0 aliphatic heterocycles. The molecule has 0 saturated carbocycles. The van der Waals surface area contributed by atoms with Gasteiger partial charge in [0.2, 0.25) is 0 Å². The van der Waals surface area contributed by atoms with Crippen molar-refractivity contribution in [2.45, 2.75) is 0 Å². The first-order valence-corrected chi connectivity index (χ1v) is 5.96. The molecule has 6 heteroatoms. The molecule has 0 spiro atoms. The van der Waals surface area contributed by atoms with Gasteiger partial charge in [0.25, 0.3) is 5.91 Å². The maximum Gasteiger partial charge on any atom is 0.340 e. The van der Waals surface area contributed by atoms with Gasteiger partial charge in [-0.25, -0.2) is 13.6 Å². The highest BCUT2D eigenvalue weighted by Gasteiger charge is 2.17. The maximum atomic E-state index is 14.1. The van der Waals surface area contributed by atoms with E-state index in [1.807, 2.05) is 0 Å². The average molecular weight is 291 g/mol. The number of halogens is 2. The van der Waals surface area contributed by atoms with Crippen LogP contribution >= 0.6 is 0 Å². The summed E-state index contributed by atoms with van der Waals surface area (Å²) in [6.07, 6.45) is 0. The number of methoxy groups -OCH3 is 1. The highest BCUT2D eigenvalue weighted by Crippen LogP contribution is 2.19. The van der Waals surface area contributed by atoms with Crippen molar-refractivity contribution in [2.24, 2.45) is 0 Å². The molecule has 2 aromatic rings. The zero-order valence-corrected chi connectivity index (χ0v) is 11.0. The van der Waals surface area contributed by atoms with E-state index in [1.165, 1.54) is 30.3 Å². The van der Waals surface area contributed by atoms with Crippen molar-refractivity contribution in [2.75, 3.05) is 12.4 Å². The fourth-order valence-corrected chi connectivity index (χ4v) is 1.69. The van der Waals surface area contributed by atoms with Crippen molar-refractivity contribution >= 4 is 17.6 Å². The normalized spacial score (nSPS) is 10.0. The van der Waals surface area contributed by atoms with E-state index >= 15 is 0 Å². The molecule has 21 heavy (non-hydrogen) atoms. The van der Waals surface area contributed by atoms with Gasteiger partial charge in [0.1, 0.15) is 5.82 Å². The molecule has 2 rings (SSSR count). The smallest absolute Gasteiger partial charge is 0.340 e. The van der Waals surface area contributed by atoms with Gasteiger partial charge in [0.05, 0.1) is 18.4 Å². The van der Waals surface area contributed by atoms with Crippen LogP contribution in [0.25, 0.3) is 0 Å². The summed E-state index contributed by atoms with van der Waals surface area (Å²) in [5.74, 6) is -2.83. The zero-order valence-electron chi connectivity index (χ0n) is 11.0. The number of rotatable bonds is 3. The van der Waals surface area contributed by atoms with Gasteiger partial charge < -0.3 is 10.1 Å². The van der Waals surface area contributed by atoms with Crippen LogP contribution in [-0.4, -0.2) is 19.0 Å². The summed E-state index contributed by atoms with van der Waals surface area (Å²) < 4.78 is 31.3. The van der Waals surface area contributed by atoms with Crippen LogP contribution in [0.15, 0.2) is 42.5 Å². The van der Waals surface area contributed by atoms with Gasteiger partial charge in [0.15, 0.2) is 5.82 Å².